The maximum atomic E-state index is 12.5. The minimum absolute atomic E-state index is 0.103. The maximum absolute atomic E-state index is 12.5. The molecule has 4 nitrogen and oxygen atoms in total. The van der Waals surface area contributed by atoms with E-state index in [4.69, 9.17) is 27.9 Å². The van der Waals surface area contributed by atoms with Crippen molar-refractivity contribution in [2.75, 3.05) is 25.1 Å². The summed E-state index contributed by atoms with van der Waals surface area (Å²) < 4.78 is 5.39. The Bertz CT molecular complexity index is 528. The molecule has 1 atom stereocenters. The number of halogens is 2. The van der Waals surface area contributed by atoms with Gasteiger partial charge in [0.15, 0.2) is 0 Å². The molecule has 2 amide bonds. The molecule has 1 N–H and O–H groups in total. The fourth-order valence-electron chi connectivity index (χ4n) is 2.58. The lowest BCUT2D eigenvalue weighted by Gasteiger charge is -2.25. The number of urea groups is 1. The van der Waals surface area contributed by atoms with Gasteiger partial charge in [0, 0.05) is 25.1 Å². The molecule has 0 spiro atoms. The van der Waals surface area contributed by atoms with E-state index < -0.39 is 0 Å². The third kappa shape index (κ3) is 3.62. The summed E-state index contributed by atoms with van der Waals surface area (Å²) in [7, 11) is 0. The predicted octanol–water partition coefficient (Wildman–Crippen LogP) is 4.03. The Morgan fingerprint density at radius 1 is 1.33 bits per heavy atom. The number of ether oxygens (including phenoxy) is 1. The average molecular weight is 329 g/mol. The largest absolute Gasteiger partial charge is 0.381 e. The maximum Gasteiger partial charge on any atom is 0.322 e. The van der Waals surface area contributed by atoms with Gasteiger partial charge in [-0.1, -0.05) is 29.3 Å². The van der Waals surface area contributed by atoms with E-state index in [-0.39, 0.29) is 6.03 Å². The molecule has 0 bridgehead atoms. The molecule has 2 aliphatic rings. The van der Waals surface area contributed by atoms with E-state index in [0.29, 0.717) is 27.7 Å². The zero-order valence-electron chi connectivity index (χ0n) is 11.6. The van der Waals surface area contributed by atoms with Crippen molar-refractivity contribution in [3.8, 4) is 0 Å². The minimum Gasteiger partial charge on any atom is -0.381 e. The highest BCUT2D eigenvalue weighted by atomic mass is 35.5. The Morgan fingerprint density at radius 2 is 2.14 bits per heavy atom. The number of rotatable bonds is 4. The Hall–Kier alpha value is -0.970. The fraction of sp³-hybridized carbons (Fsp3) is 0.533. The Balaban J connectivity index is 1.67. The second kappa shape index (κ2) is 6.42. The molecule has 1 saturated carbocycles. The van der Waals surface area contributed by atoms with Crippen molar-refractivity contribution in [2.45, 2.75) is 25.3 Å². The van der Waals surface area contributed by atoms with Crippen molar-refractivity contribution < 1.29 is 9.53 Å². The molecule has 1 aromatic rings. The van der Waals surface area contributed by atoms with Crippen LogP contribution in [-0.2, 0) is 4.74 Å². The molecular formula is C15H18Cl2N2O2. The van der Waals surface area contributed by atoms with Gasteiger partial charge in [-0.25, -0.2) is 4.79 Å². The Kier molecular flexibility index (Phi) is 4.57. The van der Waals surface area contributed by atoms with Crippen LogP contribution in [-0.4, -0.2) is 36.7 Å². The molecule has 1 saturated heterocycles. The standard InChI is InChI=1S/C15H18Cl2N2O2/c16-12-2-1-3-13(14(12)17)18-15(20)19(11-4-5-11)8-10-6-7-21-9-10/h1-3,10-11H,4-9H2,(H,18,20)/t10-/m1/s1. The highest BCUT2D eigenvalue weighted by Gasteiger charge is 2.35. The van der Waals surface area contributed by atoms with Crippen LogP contribution in [0.15, 0.2) is 18.2 Å². The zero-order valence-corrected chi connectivity index (χ0v) is 13.2. The number of carbonyl (C=O) groups excluding carboxylic acids is 1. The molecule has 1 heterocycles. The van der Waals surface area contributed by atoms with Crippen molar-refractivity contribution >= 4 is 34.9 Å². The lowest BCUT2D eigenvalue weighted by molar-refractivity contribution is 0.167. The van der Waals surface area contributed by atoms with Gasteiger partial charge in [0.25, 0.3) is 0 Å². The van der Waals surface area contributed by atoms with Gasteiger partial charge in [-0.3, -0.25) is 0 Å². The molecular weight excluding hydrogens is 311 g/mol. The highest BCUT2D eigenvalue weighted by Crippen LogP contribution is 2.32. The van der Waals surface area contributed by atoms with Gasteiger partial charge in [0.1, 0.15) is 0 Å². The van der Waals surface area contributed by atoms with Crippen LogP contribution in [0, 0.1) is 5.92 Å². The number of carbonyl (C=O) groups is 1. The number of hydrogen-bond acceptors (Lipinski definition) is 2. The number of nitrogens with zero attached hydrogens (tertiary/aromatic N) is 1. The van der Waals surface area contributed by atoms with Crippen molar-refractivity contribution in [3.05, 3.63) is 28.2 Å². The third-order valence-corrected chi connectivity index (χ3v) is 4.74. The van der Waals surface area contributed by atoms with Crippen LogP contribution in [0.3, 0.4) is 0 Å². The number of amides is 2. The van der Waals surface area contributed by atoms with E-state index >= 15 is 0 Å². The molecule has 21 heavy (non-hydrogen) atoms. The molecule has 1 aromatic carbocycles. The van der Waals surface area contributed by atoms with E-state index in [9.17, 15) is 4.79 Å². The van der Waals surface area contributed by atoms with E-state index in [0.717, 1.165) is 39.0 Å². The van der Waals surface area contributed by atoms with Crippen molar-refractivity contribution in [1.29, 1.82) is 0 Å². The SMILES string of the molecule is O=C(Nc1cccc(Cl)c1Cl)N(C[C@H]1CCOC1)C1CC1. The van der Waals surface area contributed by atoms with E-state index in [1.807, 2.05) is 4.90 Å². The molecule has 1 aliphatic heterocycles. The summed E-state index contributed by atoms with van der Waals surface area (Å²) in [6.07, 6.45) is 3.17. The molecule has 1 aliphatic carbocycles. The predicted molar refractivity (Wildman–Crippen MR) is 84.1 cm³/mol. The summed E-state index contributed by atoms with van der Waals surface area (Å²) in [5.41, 5.74) is 0.558. The zero-order chi connectivity index (χ0) is 14.8. The van der Waals surface area contributed by atoms with Crippen LogP contribution in [0.5, 0.6) is 0 Å². The monoisotopic (exact) mass is 328 g/mol. The molecule has 0 aromatic heterocycles. The number of hydrogen-bond donors (Lipinski definition) is 1. The smallest absolute Gasteiger partial charge is 0.322 e. The Morgan fingerprint density at radius 3 is 2.81 bits per heavy atom. The summed E-state index contributed by atoms with van der Waals surface area (Å²) in [4.78, 5) is 14.4. The second-order valence-electron chi connectivity index (χ2n) is 5.64. The highest BCUT2D eigenvalue weighted by molar-refractivity contribution is 6.43. The third-order valence-electron chi connectivity index (χ3n) is 3.92. The van der Waals surface area contributed by atoms with Gasteiger partial charge < -0.3 is 15.0 Å². The van der Waals surface area contributed by atoms with Gasteiger partial charge in [0.05, 0.1) is 22.3 Å². The van der Waals surface area contributed by atoms with Crippen LogP contribution in [0.2, 0.25) is 10.0 Å². The molecule has 6 heteroatoms. The second-order valence-corrected chi connectivity index (χ2v) is 6.43. The normalized spacial score (nSPS) is 21.3. The van der Waals surface area contributed by atoms with Crippen molar-refractivity contribution in [1.82, 2.24) is 4.90 Å². The van der Waals surface area contributed by atoms with Gasteiger partial charge in [0.2, 0.25) is 0 Å². The lowest BCUT2D eigenvalue weighted by atomic mass is 10.1. The summed E-state index contributed by atoms with van der Waals surface area (Å²) in [6.45, 7) is 2.29. The van der Waals surface area contributed by atoms with Gasteiger partial charge in [-0.05, 0) is 31.4 Å². The topological polar surface area (TPSA) is 41.6 Å². The summed E-state index contributed by atoms with van der Waals surface area (Å²) in [6, 6.07) is 5.48. The van der Waals surface area contributed by atoms with Crippen molar-refractivity contribution in [2.24, 2.45) is 5.92 Å². The van der Waals surface area contributed by atoms with Gasteiger partial charge in [-0.2, -0.15) is 0 Å². The van der Waals surface area contributed by atoms with Crippen LogP contribution in [0.4, 0.5) is 10.5 Å². The minimum atomic E-state index is -0.103. The Labute approximate surface area is 134 Å². The number of benzene rings is 1. The van der Waals surface area contributed by atoms with Gasteiger partial charge >= 0.3 is 6.03 Å². The van der Waals surface area contributed by atoms with Crippen LogP contribution < -0.4 is 5.32 Å². The van der Waals surface area contributed by atoms with Crippen molar-refractivity contribution in [3.63, 3.8) is 0 Å². The summed E-state index contributed by atoms with van der Waals surface area (Å²) >= 11 is 12.1. The number of anilines is 1. The fourth-order valence-corrected chi connectivity index (χ4v) is 2.92. The first-order valence-corrected chi connectivity index (χ1v) is 8.00. The van der Waals surface area contributed by atoms with Crippen LogP contribution in [0.1, 0.15) is 19.3 Å². The summed E-state index contributed by atoms with van der Waals surface area (Å²) in [5.74, 6) is 0.436. The average Bonchev–Trinajstić information content (AvgIpc) is 3.17. The molecule has 0 radical (unpaired) electrons. The van der Waals surface area contributed by atoms with E-state index in [1.165, 1.54) is 0 Å². The van der Waals surface area contributed by atoms with Crippen LogP contribution in [0.25, 0.3) is 0 Å². The van der Waals surface area contributed by atoms with Gasteiger partial charge in [-0.15, -0.1) is 0 Å². The first-order valence-electron chi connectivity index (χ1n) is 7.24. The first-order chi connectivity index (χ1) is 10.1. The quantitative estimate of drug-likeness (QED) is 0.906. The van der Waals surface area contributed by atoms with Crippen LogP contribution >= 0.6 is 23.2 Å². The molecule has 0 unspecified atom stereocenters. The molecule has 114 valence electrons. The molecule has 3 rings (SSSR count). The number of nitrogens with one attached hydrogen (secondary N) is 1. The van der Waals surface area contributed by atoms with E-state index in [2.05, 4.69) is 5.32 Å². The van der Waals surface area contributed by atoms with E-state index in [1.54, 1.807) is 18.2 Å². The summed E-state index contributed by atoms with van der Waals surface area (Å²) in [5, 5.41) is 3.70. The molecule has 2 fully saturated rings. The first kappa shape index (κ1) is 14.9. The lowest BCUT2D eigenvalue weighted by Crippen LogP contribution is -2.40.